The molecule has 1 atom stereocenters. The molecule has 1 saturated heterocycles. The first-order valence-corrected chi connectivity index (χ1v) is 8.72. The topological polar surface area (TPSA) is 40.6 Å². The van der Waals surface area contributed by atoms with E-state index >= 15 is 0 Å². The molecule has 1 heterocycles. The van der Waals surface area contributed by atoms with E-state index in [4.69, 9.17) is 0 Å². The average molecular weight is 387 g/mol. The summed E-state index contributed by atoms with van der Waals surface area (Å²) in [5, 5.41) is 0. The molecule has 0 radical (unpaired) electrons. The van der Waals surface area contributed by atoms with Gasteiger partial charge < -0.3 is 9.80 Å². The van der Waals surface area contributed by atoms with Crippen molar-refractivity contribution in [2.24, 2.45) is 0 Å². The highest BCUT2D eigenvalue weighted by Crippen LogP contribution is 2.25. The largest absolute Gasteiger partial charge is 0.325 e. The van der Waals surface area contributed by atoms with Gasteiger partial charge in [0, 0.05) is 28.8 Å². The van der Waals surface area contributed by atoms with Gasteiger partial charge in [0.2, 0.25) is 5.91 Å². The van der Waals surface area contributed by atoms with Crippen LogP contribution in [0.15, 0.2) is 53.0 Å². The number of anilines is 1. The quantitative estimate of drug-likeness (QED) is 0.790. The Balaban J connectivity index is 1.81. The summed E-state index contributed by atoms with van der Waals surface area (Å²) in [6, 6.07) is 14.6. The lowest BCUT2D eigenvalue weighted by Crippen LogP contribution is -2.57. The first-order valence-electron chi connectivity index (χ1n) is 7.92. The summed E-state index contributed by atoms with van der Waals surface area (Å²) >= 11 is 3.37. The molecule has 2 aromatic rings. The Kier molecular flexibility index (Phi) is 4.71. The Morgan fingerprint density at radius 1 is 1.08 bits per heavy atom. The standard InChI is InChI=1S/C19H19BrN2O2/c1-13-5-3-4-6-17(13)22-12-11-21(14(2)18(22)23)19(24)15-7-9-16(20)10-8-15/h3-10,14H,11-12H2,1-2H3/t14-/m0/s1. The lowest BCUT2D eigenvalue weighted by atomic mass is 10.1. The van der Waals surface area contributed by atoms with Crippen molar-refractivity contribution in [1.29, 1.82) is 0 Å². The monoisotopic (exact) mass is 386 g/mol. The molecule has 0 aliphatic carbocycles. The lowest BCUT2D eigenvalue weighted by Gasteiger charge is -2.39. The molecule has 0 unspecified atom stereocenters. The maximum absolute atomic E-state index is 12.8. The molecular weight excluding hydrogens is 368 g/mol. The highest BCUT2D eigenvalue weighted by Gasteiger charge is 2.35. The second-order valence-corrected chi connectivity index (χ2v) is 6.87. The molecule has 2 amide bonds. The zero-order chi connectivity index (χ0) is 17.3. The number of hydrogen-bond acceptors (Lipinski definition) is 2. The second kappa shape index (κ2) is 6.77. The summed E-state index contributed by atoms with van der Waals surface area (Å²) in [6.07, 6.45) is 0. The van der Waals surface area contributed by atoms with Crippen molar-refractivity contribution in [2.45, 2.75) is 19.9 Å². The van der Waals surface area contributed by atoms with Gasteiger partial charge >= 0.3 is 0 Å². The highest BCUT2D eigenvalue weighted by atomic mass is 79.9. The molecule has 4 nitrogen and oxygen atoms in total. The van der Waals surface area contributed by atoms with Gasteiger partial charge in [0.25, 0.3) is 5.91 Å². The van der Waals surface area contributed by atoms with E-state index in [-0.39, 0.29) is 11.8 Å². The van der Waals surface area contributed by atoms with E-state index in [1.807, 2.05) is 43.3 Å². The van der Waals surface area contributed by atoms with Crippen LogP contribution in [-0.2, 0) is 4.79 Å². The van der Waals surface area contributed by atoms with Gasteiger partial charge in [-0.1, -0.05) is 34.1 Å². The minimum absolute atomic E-state index is 0.0407. The Hall–Kier alpha value is -2.14. The van der Waals surface area contributed by atoms with Crippen LogP contribution in [0, 0.1) is 6.92 Å². The molecule has 5 heteroatoms. The van der Waals surface area contributed by atoms with Crippen molar-refractivity contribution in [3.63, 3.8) is 0 Å². The van der Waals surface area contributed by atoms with Crippen molar-refractivity contribution in [2.75, 3.05) is 18.0 Å². The summed E-state index contributed by atoms with van der Waals surface area (Å²) in [6.45, 7) is 4.82. The molecule has 2 aromatic carbocycles. The molecule has 1 aliphatic heterocycles. The number of hydrogen-bond donors (Lipinski definition) is 0. The molecule has 124 valence electrons. The van der Waals surface area contributed by atoms with Crippen LogP contribution in [-0.4, -0.2) is 35.8 Å². The zero-order valence-corrected chi connectivity index (χ0v) is 15.3. The van der Waals surface area contributed by atoms with E-state index in [1.54, 1.807) is 28.9 Å². The molecule has 3 rings (SSSR count). The fourth-order valence-corrected chi connectivity index (χ4v) is 3.28. The first-order chi connectivity index (χ1) is 11.5. The minimum atomic E-state index is -0.477. The first kappa shape index (κ1) is 16.7. The molecule has 1 fully saturated rings. The van der Waals surface area contributed by atoms with Crippen molar-refractivity contribution >= 4 is 33.4 Å². The number of carbonyl (C=O) groups excluding carboxylic acids is 2. The predicted molar refractivity (Wildman–Crippen MR) is 98.2 cm³/mol. The summed E-state index contributed by atoms with van der Waals surface area (Å²) in [4.78, 5) is 29.0. The summed E-state index contributed by atoms with van der Waals surface area (Å²) in [7, 11) is 0. The number of piperazine rings is 1. The molecule has 24 heavy (non-hydrogen) atoms. The Morgan fingerprint density at radius 3 is 2.42 bits per heavy atom. The Morgan fingerprint density at radius 2 is 1.75 bits per heavy atom. The van der Waals surface area contributed by atoms with Crippen LogP contribution >= 0.6 is 15.9 Å². The van der Waals surface area contributed by atoms with E-state index < -0.39 is 6.04 Å². The number of carbonyl (C=O) groups is 2. The van der Waals surface area contributed by atoms with Gasteiger partial charge in [-0.3, -0.25) is 9.59 Å². The van der Waals surface area contributed by atoms with E-state index in [2.05, 4.69) is 15.9 Å². The fourth-order valence-electron chi connectivity index (χ4n) is 3.01. The van der Waals surface area contributed by atoms with E-state index in [0.717, 1.165) is 15.7 Å². The average Bonchev–Trinajstić information content (AvgIpc) is 2.58. The third kappa shape index (κ3) is 3.08. The number of para-hydroxylation sites is 1. The maximum Gasteiger partial charge on any atom is 0.254 e. The lowest BCUT2D eigenvalue weighted by molar-refractivity contribution is -0.124. The molecule has 0 aromatic heterocycles. The smallest absolute Gasteiger partial charge is 0.254 e. The molecule has 0 saturated carbocycles. The fraction of sp³-hybridized carbons (Fsp3) is 0.263. The number of halogens is 1. The number of benzene rings is 2. The van der Waals surface area contributed by atoms with Gasteiger partial charge in [0.05, 0.1) is 0 Å². The van der Waals surface area contributed by atoms with Crippen molar-refractivity contribution in [1.82, 2.24) is 4.90 Å². The van der Waals surface area contributed by atoms with Crippen molar-refractivity contribution in [3.05, 3.63) is 64.1 Å². The summed E-state index contributed by atoms with van der Waals surface area (Å²) in [5.41, 5.74) is 2.58. The molecule has 0 spiro atoms. The Labute approximate surface area is 150 Å². The minimum Gasteiger partial charge on any atom is -0.325 e. The van der Waals surface area contributed by atoms with Crippen LogP contribution in [0.2, 0.25) is 0 Å². The molecule has 1 aliphatic rings. The SMILES string of the molecule is Cc1ccccc1N1CCN(C(=O)c2ccc(Br)cc2)[C@@H](C)C1=O. The number of rotatable bonds is 2. The molecule has 0 N–H and O–H groups in total. The summed E-state index contributed by atoms with van der Waals surface area (Å²) in [5.74, 6) is -0.145. The number of nitrogens with zero attached hydrogens (tertiary/aromatic N) is 2. The highest BCUT2D eigenvalue weighted by molar-refractivity contribution is 9.10. The van der Waals surface area contributed by atoms with Crippen LogP contribution < -0.4 is 4.90 Å². The van der Waals surface area contributed by atoms with Gasteiger partial charge in [-0.15, -0.1) is 0 Å². The van der Waals surface area contributed by atoms with Gasteiger partial charge in [-0.25, -0.2) is 0 Å². The second-order valence-electron chi connectivity index (χ2n) is 5.96. The van der Waals surface area contributed by atoms with Gasteiger partial charge in [0.1, 0.15) is 6.04 Å². The third-order valence-electron chi connectivity index (χ3n) is 4.41. The zero-order valence-electron chi connectivity index (χ0n) is 13.7. The van der Waals surface area contributed by atoms with Gasteiger partial charge in [-0.05, 0) is 49.7 Å². The normalized spacial score (nSPS) is 18.0. The number of aryl methyl sites for hydroxylation is 1. The molecule has 0 bridgehead atoms. The summed E-state index contributed by atoms with van der Waals surface area (Å²) < 4.78 is 0.924. The van der Waals surface area contributed by atoms with Crippen molar-refractivity contribution < 1.29 is 9.59 Å². The van der Waals surface area contributed by atoms with Crippen LogP contribution in [0.25, 0.3) is 0 Å². The third-order valence-corrected chi connectivity index (χ3v) is 4.94. The number of amides is 2. The van der Waals surface area contributed by atoms with Crippen LogP contribution in [0.3, 0.4) is 0 Å². The van der Waals surface area contributed by atoms with E-state index in [0.29, 0.717) is 18.7 Å². The van der Waals surface area contributed by atoms with Gasteiger partial charge in [-0.2, -0.15) is 0 Å². The van der Waals surface area contributed by atoms with Crippen LogP contribution in [0.1, 0.15) is 22.8 Å². The maximum atomic E-state index is 12.8. The van der Waals surface area contributed by atoms with Gasteiger partial charge in [0.15, 0.2) is 0 Å². The molecular formula is C19H19BrN2O2. The van der Waals surface area contributed by atoms with Crippen LogP contribution in [0.5, 0.6) is 0 Å². The predicted octanol–water partition coefficient (Wildman–Crippen LogP) is 3.64. The Bertz CT molecular complexity index is 773. The van der Waals surface area contributed by atoms with E-state index in [9.17, 15) is 9.59 Å². The van der Waals surface area contributed by atoms with Crippen molar-refractivity contribution in [3.8, 4) is 0 Å². The van der Waals surface area contributed by atoms with Crippen LogP contribution in [0.4, 0.5) is 5.69 Å². The van der Waals surface area contributed by atoms with E-state index in [1.165, 1.54) is 0 Å².